The van der Waals surface area contributed by atoms with Crippen LogP contribution in [0.2, 0.25) is 0 Å². The van der Waals surface area contributed by atoms with Crippen LogP contribution >= 0.6 is 6.89 Å². The van der Waals surface area contributed by atoms with Crippen LogP contribution in [0, 0.1) is 23.7 Å². The summed E-state index contributed by atoms with van der Waals surface area (Å²) in [5.74, 6) is 0.823. The van der Waals surface area contributed by atoms with Gasteiger partial charge in [0.25, 0.3) is 0 Å². The molecule has 0 spiro atoms. The highest BCUT2D eigenvalue weighted by molar-refractivity contribution is 7.95. The van der Waals surface area contributed by atoms with E-state index in [1.54, 1.807) is 11.9 Å². The number of hydrogen-bond donors (Lipinski definition) is 0. The summed E-state index contributed by atoms with van der Waals surface area (Å²) in [5.41, 5.74) is -0.955. The average Bonchev–Trinajstić information content (AvgIpc) is 3.19. The fourth-order valence-electron chi connectivity index (χ4n) is 5.74. The molecule has 0 bridgehead atoms. The molecule has 0 heterocycles. The normalized spacial score (nSPS) is 13.4. The monoisotopic (exact) mass is 818 g/mol. The summed E-state index contributed by atoms with van der Waals surface area (Å²) < 4.78 is 20.0. The van der Waals surface area contributed by atoms with Crippen LogP contribution in [0.5, 0.6) is 0 Å². The molecule has 0 aliphatic carbocycles. The highest BCUT2D eigenvalue weighted by Gasteiger charge is 2.27. The fraction of sp³-hybridized carbons (Fsp3) is 0.458. The van der Waals surface area contributed by atoms with Gasteiger partial charge in [-0.15, -0.1) is 0 Å². The minimum atomic E-state index is -2.23. The summed E-state index contributed by atoms with van der Waals surface area (Å²) in [6, 6.07) is 30.6. The SMILES string of the molecule is CC[C@H](C)[C@@H](/C=C/C(=O)OC)CC(=O)OC(C)(C)C.CC[C@H](C)[C@@H](C=O)CC(=O)OC(C)(C)C.COC(=O)C=P(c1ccccc1)(c1ccccc1)c1ccccc1. The fourth-order valence-corrected chi connectivity index (χ4v) is 9.43. The molecule has 3 aromatic carbocycles. The second-order valence-corrected chi connectivity index (χ2v) is 19.3. The molecular weight excluding hydrogens is 751 g/mol. The molecule has 0 aliphatic rings. The second-order valence-electron chi connectivity index (χ2n) is 16.1. The summed E-state index contributed by atoms with van der Waals surface area (Å²) in [6.07, 6.45) is 6.27. The first-order chi connectivity index (χ1) is 27.3. The number of rotatable bonds is 15. The summed E-state index contributed by atoms with van der Waals surface area (Å²) in [6.45, 7) is 16.9. The molecule has 0 aliphatic heterocycles. The van der Waals surface area contributed by atoms with E-state index < -0.39 is 24.1 Å². The first kappa shape index (κ1) is 51.3. The molecule has 3 aromatic rings. The molecule has 0 amide bonds. The van der Waals surface area contributed by atoms with E-state index in [0.717, 1.165) is 35.0 Å². The molecule has 0 aromatic heterocycles. The van der Waals surface area contributed by atoms with Crippen molar-refractivity contribution in [2.45, 2.75) is 106 Å². The third kappa shape index (κ3) is 18.7. The molecule has 0 saturated carbocycles. The number of benzene rings is 3. The molecule has 0 radical (unpaired) electrons. The van der Waals surface area contributed by atoms with E-state index in [0.29, 0.717) is 5.92 Å². The number of allylic oxidation sites excluding steroid dienone is 1. The lowest BCUT2D eigenvalue weighted by Gasteiger charge is -2.28. The van der Waals surface area contributed by atoms with Crippen LogP contribution in [0.3, 0.4) is 0 Å². The Bertz CT molecular complexity index is 1670. The number of carbonyl (C=O) groups is 5. The van der Waals surface area contributed by atoms with Gasteiger partial charge >= 0.3 is 23.9 Å². The van der Waals surface area contributed by atoms with Crippen molar-refractivity contribution in [3.8, 4) is 0 Å². The maximum absolute atomic E-state index is 12.3. The van der Waals surface area contributed by atoms with E-state index in [4.69, 9.17) is 14.2 Å². The Morgan fingerprint density at radius 3 is 1.24 bits per heavy atom. The zero-order valence-corrected chi connectivity index (χ0v) is 37.6. The second kappa shape index (κ2) is 25.6. The van der Waals surface area contributed by atoms with Crippen LogP contribution in [-0.4, -0.2) is 61.4 Å². The minimum Gasteiger partial charge on any atom is -0.466 e. The van der Waals surface area contributed by atoms with Gasteiger partial charge in [-0.05, 0) is 82.1 Å². The lowest BCUT2D eigenvalue weighted by atomic mass is 9.88. The molecule has 9 nitrogen and oxygen atoms in total. The van der Waals surface area contributed by atoms with Crippen molar-refractivity contribution in [1.82, 2.24) is 0 Å². The quantitative estimate of drug-likeness (QED) is 0.0488. The van der Waals surface area contributed by atoms with Crippen molar-refractivity contribution >= 4 is 58.8 Å². The van der Waals surface area contributed by atoms with Gasteiger partial charge in [0.2, 0.25) is 0 Å². The first-order valence-electron chi connectivity index (χ1n) is 19.9. The van der Waals surface area contributed by atoms with E-state index >= 15 is 0 Å². The molecule has 4 atom stereocenters. The Labute approximate surface area is 347 Å². The first-order valence-corrected chi connectivity index (χ1v) is 21.8. The predicted molar refractivity (Wildman–Crippen MR) is 237 cm³/mol. The van der Waals surface area contributed by atoms with Crippen LogP contribution in [0.4, 0.5) is 0 Å². The van der Waals surface area contributed by atoms with Crippen molar-refractivity contribution in [2.75, 3.05) is 14.2 Å². The standard InChI is InChI=1S/C21H19O2P.C15H26O4.C12H22O3/c1-23-21(22)17-24(18-11-5-2-6-12-18,19-13-7-3-8-14-19)20-15-9-4-10-16-20;1-7-11(2)12(8-9-13(16)18-6)10-14(17)19-15(3,4)5;1-6-9(2)10(8-13)7-11(14)15-12(3,4)5/h2-17H,1H3;8-9,11-12H,7,10H2,1-6H3;8-10H,6-7H2,1-5H3/b;9-8+;/t;11-,12-;9-,10+/m.00/s1. The van der Waals surface area contributed by atoms with Crippen molar-refractivity contribution in [3.05, 3.63) is 103 Å². The molecule has 0 unspecified atom stereocenters. The van der Waals surface area contributed by atoms with E-state index in [1.165, 1.54) is 20.3 Å². The van der Waals surface area contributed by atoms with Crippen LogP contribution in [0.1, 0.15) is 94.9 Å². The number of ether oxygens (including phenoxy) is 4. The largest absolute Gasteiger partial charge is 0.466 e. The molecular formula is C48H67O9P. The van der Waals surface area contributed by atoms with Crippen molar-refractivity contribution in [2.24, 2.45) is 23.7 Å². The molecule has 0 fully saturated rings. The number of aldehydes is 1. The average molecular weight is 819 g/mol. The molecule has 0 saturated heterocycles. The van der Waals surface area contributed by atoms with Crippen molar-refractivity contribution in [3.63, 3.8) is 0 Å². The van der Waals surface area contributed by atoms with E-state index in [2.05, 4.69) is 55.0 Å². The van der Waals surface area contributed by atoms with E-state index in [1.807, 2.05) is 110 Å². The smallest absolute Gasteiger partial charge is 0.331 e. The highest BCUT2D eigenvalue weighted by atomic mass is 31.2. The Kier molecular flexibility index (Phi) is 22.6. The van der Waals surface area contributed by atoms with Crippen molar-refractivity contribution in [1.29, 1.82) is 0 Å². The van der Waals surface area contributed by atoms with Gasteiger partial charge in [-0.1, -0.05) is 138 Å². The molecule has 58 heavy (non-hydrogen) atoms. The van der Waals surface area contributed by atoms with Gasteiger partial charge in [0, 0.05) is 17.8 Å². The molecule has 10 heteroatoms. The third-order valence-electron chi connectivity index (χ3n) is 9.24. The summed E-state index contributed by atoms with van der Waals surface area (Å²) in [4.78, 5) is 57.5. The van der Waals surface area contributed by atoms with E-state index in [-0.39, 0.29) is 48.5 Å². The highest BCUT2D eigenvalue weighted by Crippen LogP contribution is 2.43. The zero-order chi connectivity index (χ0) is 43.9. The van der Waals surface area contributed by atoms with Gasteiger partial charge in [0.1, 0.15) is 17.5 Å². The van der Waals surface area contributed by atoms with Crippen LogP contribution in [-0.2, 0) is 42.9 Å². The lowest BCUT2D eigenvalue weighted by Crippen LogP contribution is -2.28. The van der Waals surface area contributed by atoms with Crippen LogP contribution in [0.25, 0.3) is 0 Å². The number of hydrogen-bond acceptors (Lipinski definition) is 9. The number of esters is 4. The third-order valence-corrected chi connectivity index (χ3v) is 13.2. The zero-order valence-electron chi connectivity index (χ0n) is 36.7. The molecule has 3 rings (SSSR count). The van der Waals surface area contributed by atoms with Gasteiger partial charge in [0.05, 0.1) is 27.1 Å². The summed E-state index contributed by atoms with van der Waals surface area (Å²) in [7, 11) is 2.76. The Hall–Kier alpha value is -4.75. The summed E-state index contributed by atoms with van der Waals surface area (Å²) in [5, 5.41) is 3.40. The topological polar surface area (TPSA) is 122 Å². The maximum atomic E-state index is 12.3. The minimum absolute atomic E-state index is 0.0149. The molecule has 318 valence electrons. The van der Waals surface area contributed by atoms with Gasteiger partial charge in [0.15, 0.2) is 0 Å². The lowest BCUT2D eigenvalue weighted by molar-refractivity contribution is -0.157. The van der Waals surface area contributed by atoms with Crippen LogP contribution < -0.4 is 15.9 Å². The van der Waals surface area contributed by atoms with Crippen molar-refractivity contribution < 1.29 is 42.9 Å². The predicted octanol–water partition coefficient (Wildman–Crippen LogP) is 8.64. The van der Waals surface area contributed by atoms with Crippen LogP contribution in [0.15, 0.2) is 103 Å². The Morgan fingerprint density at radius 2 is 0.931 bits per heavy atom. The van der Waals surface area contributed by atoms with E-state index in [9.17, 15) is 24.0 Å². The Morgan fingerprint density at radius 1 is 0.586 bits per heavy atom. The van der Waals surface area contributed by atoms with Gasteiger partial charge in [-0.3, -0.25) is 9.59 Å². The van der Waals surface area contributed by atoms with Gasteiger partial charge in [-0.25, -0.2) is 9.59 Å². The van der Waals surface area contributed by atoms with Gasteiger partial charge < -0.3 is 23.7 Å². The summed E-state index contributed by atoms with van der Waals surface area (Å²) >= 11 is 0. The maximum Gasteiger partial charge on any atom is 0.331 e. The number of methoxy groups -OCH3 is 2. The number of carbonyl (C=O) groups excluding carboxylic acids is 5. The van der Waals surface area contributed by atoms with Gasteiger partial charge in [-0.2, -0.15) is 0 Å². The molecule has 0 N–H and O–H groups in total. The Balaban J connectivity index is 0.000000450.